The number of halogens is 1. The number of rotatable bonds is 7. The maximum absolute atomic E-state index is 13.8. The third-order valence-corrected chi connectivity index (χ3v) is 3.52. The molecular weight excluding hydrogens is 257 g/mol. The quantitative estimate of drug-likeness (QED) is 0.826. The summed E-state index contributed by atoms with van der Waals surface area (Å²) in [6, 6.07) is 6.26. The number of carbonyl (C=O) groups excluding carboxylic acids is 1. The first-order valence-electron chi connectivity index (χ1n) is 6.97. The molecular formula is C15H24FN3O. The highest BCUT2D eigenvalue weighted by molar-refractivity contribution is 5.78. The second-order valence-corrected chi connectivity index (χ2v) is 4.75. The lowest BCUT2D eigenvalue weighted by atomic mass is 10.1. The molecule has 1 unspecified atom stereocenters. The Kier molecular flexibility index (Phi) is 6.61. The van der Waals surface area contributed by atoms with E-state index < -0.39 is 0 Å². The smallest absolute Gasteiger partial charge is 0.236 e. The molecule has 20 heavy (non-hydrogen) atoms. The fraction of sp³-hybridized carbons (Fsp3) is 0.533. The molecule has 0 heterocycles. The van der Waals surface area contributed by atoms with Crippen molar-refractivity contribution in [3.05, 3.63) is 35.6 Å². The first-order chi connectivity index (χ1) is 9.54. The Labute approximate surface area is 120 Å². The Balaban J connectivity index is 2.80. The van der Waals surface area contributed by atoms with Crippen molar-refractivity contribution < 1.29 is 9.18 Å². The molecule has 0 fully saturated rings. The van der Waals surface area contributed by atoms with Crippen molar-refractivity contribution in [2.75, 3.05) is 33.2 Å². The first-order valence-corrected chi connectivity index (χ1v) is 6.97. The summed E-state index contributed by atoms with van der Waals surface area (Å²) in [5.74, 6) is -0.252. The fourth-order valence-electron chi connectivity index (χ4n) is 2.29. The van der Waals surface area contributed by atoms with Gasteiger partial charge in [0.25, 0.3) is 0 Å². The maximum atomic E-state index is 13.8. The molecule has 0 saturated heterocycles. The number of likely N-dealkylation sites (N-methyl/N-ethyl adjacent to an activating group) is 2. The molecule has 0 radical (unpaired) electrons. The SMILES string of the molecule is CCN(CC)C(=O)CN(C)C(CN)c1ccccc1F. The monoisotopic (exact) mass is 281 g/mol. The fourth-order valence-corrected chi connectivity index (χ4v) is 2.29. The van der Waals surface area contributed by atoms with E-state index in [2.05, 4.69) is 0 Å². The largest absolute Gasteiger partial charge is 0.342 e. The van der Waals surface area contributed by atoms with E-state index in [4.69, 9.17) is 5.73 Å². The Morgan fingerprint density at radius 1 is 1.30 bits per heavy atom. The molecule has 0 bridgehead atoms. The Bertz CT molecular complexity index is 435. The van der Waals surface area contributed by atoms with Crippen molar-refractivity contribution in [1.29, 1.82) is 0 Å². The predicted molar refractivity (Wildman–Crippen MR) is 78.8 cm³/mol. The van der Waals surface area contributed by atoms with Crippen LogP contribution in [0, 0.1) is 5.82 Å². The summed E-state index contributed by atoms with van der Waals surface area (Å²) in [6.45, 7) is 5.74. The van der Waals surface area contributed by atoms with Crippen molar-refractivity contribution in [3.63, 3.8) is 0 Å². The van der Waals surface area contributed by atoms with E-state index in [-0.39, 0.29) is 30.9 Å². The minimum Gasteiger partial charge on any atom is -0.342 e. The van der Waals surface area contributed by atoms with Crippen LogP contribution in [-0.4, -0.2) is 48.9 Å². The molecule has 0 aliphatic carbocycles. The van der Waals surface area contributed by atoms with Crippen LogP contribution in [0.15, 0.2) is 24.3 Å². The summed E-state index contributed by atoms with van der Waals surface area (Å²) in [7, 11) is 1.80. The zero-order valence-corrected chi connectivity index (χ0v) is 12.5. The number of amides is 1. The van der Waals surface area contributed by atoms with Gasteiger partial charge in [0.15, 0.2) is 0 Å². The van der Waals surface area contributed by atoms with Crippen molar-refractivity contribution in [2.24, 2.45) is 5.73 Å². The van der Waals surface area contributed by atoms with E-state index in [0.717, 1.165) is 0 Å². The highest BCUT2D eigenvalue weighted by Crippen LogP contribution is 2.21. The zero-order chi connectivity index (χ0) is 15.1. The Hall–Kier alpha value is -1.46. The standard InChI is InChI=1S/C15H24FN3O/c1-4-19(5-2)15(20)11-18(3)14(10-17)12-8-6-7-9-13(12)16/h6-9,14H,4-5,10-11,17H2,1-3H3. The molecule has 4 nitrogen and oxygen atoms in total. The molecule has 1 rings (SSSR count). The minimum absolute atomic E-state index is 0.0345. The second kappa shape index (κ2) is 7.97. The van der Waals surface area contributed by atoms with Crippen LogP contribution in [-0.2, 0) is 4.79 Å². The summed E-state index contributed by atoms with van der Waals surface area (Å²) in [5.41, 5.74) is 6.29. The first kappa shape index (κ1) is 16.6. The van der Waals surface area contributed by atoms with Gasteiger partial charge >= 0.3 is 0 Å². The van der Waals surface area contributed by atoms with Crippen LogP contribution in [0.2, 0.25) is 0 Å². The number of nitrogens with two attached hydrogens (primary N) is 1. The van der Waals surface area contributed by atoms with Crippen molar-refractivity contribution in [2.45, 2.75) is 19.9 Å². The van der Waals surface area contributed by atoms with Crippen LogP contribution in [0.3, 0.4) is 0 Å². The summed E-state index contributed by atoms with van der Waals surface area (Å²) in [5, 5.41) is 0. The predicted octanol–water partition coefficient (Wildman–Crippen LogP) is 1.63. The molecule has 0 spiro atoms. The van der Waals surface area contributed by atoms with E-state index >= 15 is 0 Å². The van der Waals surface area contributed by atoms with Crippen molar-refractivity contribution in [1.82, 2.24) is 9.80 Å². The number of nitrogens with zero attached hydrogens (tertiary/aromatic N) is 2. The summed E-state index contributed by atoms with van der Waals surface area (Å²) < 4.78 is 13.8. The molecule has 0 aliphatic heterocycles. The van der Waals surface area contributed by atoms with Gasteiger partial charge in [-0.05, 0) is 27.0 Å². The molecule has 1 aromatic carbocycles. The van der Waals surface area contributed by atoms with Gasteiger partial charge in [-0.25, -0.2) is 4.39 Å². The normalized spacial score (nSPS) is 12.5. The molecule has 2 N–H and O–H groups in total. The van der Waals surface area contributed by atoms with Gasteiger partial charge in [-0.1, -0.05) is 18.2 Å². The van der Waals surface area contributed by atoms with Gasteiger partial charge in [-0.3, -0.25) is 9.69 Å². The van der Waals surface area contributed by atoms with Crippen LogP contribution >= 0.6 is 0 Å². The molecule has 1 atom stereocenters. The topological polar surface area (TPSA) is 49.6 Å². The molecule has 5 heteroatoms. The number of hydrogen-bond donors (Lipinski definition) is 1. The van der Waals surface area contributed by atoms with Gasteiger partial charge in [-0.15, -0.1) is 0 Å². The number of carbonyl (C=O) groups is 1. The highest BCUT2D eigenvalue weighted by atomic mass is 19.1. The lowest BCUT2D eigenvalue weighted by Gasteiger charge is -2.29. The van der Waals surface area contributed by atoms with Crippen LogP contribution in [0.5, 0.6) is 0 Å². The number of benzene rings is 1. The van der Waals surface area contributed by atoms with Gasteiger partial charge in [0.1, 0.15) is 5.82 Å². The summed E-state index contributed by atoms with van der Waals surface area (Å²) >= 11 is 0. The van der Waals surface area contributed by atoms with Crippen LogP contribution in [0.25, 0.3) is 0 Å². The van der Waals surface area contributed by atoms with Gasteiger partial charge in [-0.2, -0.15) is 0 Å². The summed E-state index contributed by atoms with van der Waals surface area (Å²) in [4.78, 5) is 15.7. The highest BCUT2D eigenvalue weighted by Gasteiger charge is 2.22. The minimum atomic E-state index is -0.296. The Morgan fingerprint density at radius 2 is 1.90 bits per heavy atom. The molecule has 0 saturated carbocycles. The lowest BCUT2D eigenvalue weighted by Crippen LogP contribution is -2.41. The average Bonchev–Trinajstić information content (AvgIpc) is 2.43. The molecule has 1 amide bonds. The molecule has 0 aliphatic rings. The summed E-state index contributed by atoms with van der Waals surface area (Å²) in [6.07, 6.45) is 0. The van der Waals surface area contributed by atoms with Crippen LogP contribution in [0.1, 0.15) is 25.5 Å². The third kappa shape index (κ3) is 4.02. The van der Waals surface area contributed by atoms with Gasteiger partial charge < -0.3 is 10.6 Å². The molecule has 0 aromatic heterocycles. The van der Waals surface area contributed by atoms with Gasteiger partial charge in [0, 0.05) is 25.2 Å². The zero-order valence-electron chi connectivity index (χ0n) is 12.5. The van der Waals surface area contributed by atoms with Gasteiger partial charge in [0.2, 0.25) is 5.91 Å². The van der Waals surface area contributed by atoms with Crippen LogP contribution < -0.4 is 5.73 Å². The van der Waals surface area contributed by atoms with Gasteiger partial charge in [0.05, 0.1) is 12.6 Å². The number of hydrogen-bond acceptors (Lipinski definition) is 3. The maximum Gasteiger partial charge on any atom is 0.236 e. The van der Waals surface area contributed by atoms with E-state index in [9.17, 15) is 9.18 Å². The molecule has 112 valence electrons. The van der Waals surface area contributed by atoms with E-state index in [1.807, 2.05) is 13.8 Å². The second-order valence-electron chi connectivity index (χ2n) is 4.75. The van der Waals surface area contributed by atoms with E-state index in [0.29, 0.717) is 18.7 Å². The van der Waals surface area contributed by atoms with Crippen LogP contribution in [0.4, 0.5) is 4.39 Å². The van der Waals surface area contributed by atoms with Crippen molar-refractivity contribution in [3.8, 4) is 0 Å². The Morgan fingerprint density at radius 3 is 2.40 bits per heavy atom. The molecule has 1 aromatic rings. The van der Waals surface area contributed by atoms with E-state index in [1.54, 1.807) is 35.0 Å². The lowest BCUT2D eigenvalue weighted by molar-refractivity contribution is -0.132. The average molecular weight is 281 g/mol. The van der Waals surface area contributed by atoms with Crippen molar-refractivity contribution >= 4 is 5.91 Å². The third-order valence-electron chi connectivity index (χ3n) is 3.52. The van der Waals surface area contributed by atoms with E-state index in [1.165, 1.54) is 6.07 Å².